The number of aromatic nitrogens is 5. The number of carbonyl (C=O) groups excluding carboxylic acids is 1. The lowest BCUT2D eigenvalue weighted by molar-refractivity contribution is -0.116. The number of aryl methyl sites for hydroxylation is 2. The van der Waals surface area contributed by atoms with Crippen molar-refractivity contribution in [1.29, 1.82) is 0 Å². The van der Waals surface area contributed by atoms with Gasteiger partial charge in [-0.25, -0.2) is 9.78 Å². The molecule has 1 aliphatic carbocycles. The molecule has 0 aliphatic heterocycles. The van der Waals surface area contributed by atoms with Gasteiger partial charge < -0.3 is 14.9 Å². The van der Waals surface area contributed by atoms with Crippen LogP contribution in [0.3, 0.4) is 0 Å². The smallest absolute Gasteiger partial charge is 0.324 e. The average molecular weight is 434 g/mol. The highest BCUT2D eigenvalue weighted by Gasteiger charge is 2.18. The molecule has 10 heteroatoms. The zero-order valence-corrected chi connectivity index (χ0v) is 17.8. The summed E-state index contributed by atoms with van der Waals surface area (Å²) in [4.78, 5) is 56.8. The summed E-state index contributed by atoms with van der Waals surface area (Å²) in [5.74, 6) is -0.361. The van der Waals surface area contributed by atoms with Gasteiger partial charge in [-0.1, -0.05) is 6.07 Å². The molecule has 5 rings (SSSR count). The Morgan fingerprint density at radius 3 is 2.62 bits per heavy atom. The first kappa shape index (κ1) is 20.0. The van der Waals surface area contributed by atoms with Gasteiger partial charge in [0.2, 0.25) is 5.91 Å². The van der Waals surface area contributed by atoms with Crippen molar-refractivity contribution in [2.75, 3.05) is 5.32 Å². The van der Waals surface area contributed by atoms with Crippen molar-refractivity contribution in [3.05, 3.63) is 66.8 Å². The molecular formula is C22H22N6O4. The largest absolute Gasteiger partial charge is 0.332 e. The van der Waals surface area contributed by atoms with Crippen molar-refractivity contribution in [3.8, 4) is 0 Å². The zero-order chi connectivity index (χ0) is 22.6. The molecule has 1 amide bonds. The Labute approximate surface area is 181 Å². The Balaban J connectivity index is 1.45. The molecule has 0 fully saturated rings. The normalized spacial score (nSPS) is 13.4. The molecule has 2 N–H and O–H groups in total. The van der Waals surface area contributed by atoms with Crippen LogP contribution >= 0.6 is 0 Å². The number of rotatable bonds is 3. The first-order chi connectivity index (χ1) is 15.3. The number of nitrogens with one attached hydrogen (secondary N) is 2. The van der Waals surface area contributed by atoms with Gasteiger partial charge in [0, 0.05) is 30.7 Å². The first-order valence-corrected chi connectivity index (χ1v) is 10.4. The fourth-order valence-corrected chi connectivity index (χ4v) is 4.51. The number of hydrogen-bond donors (Lipinski definition) is 2. The van der Waals surface area contributed by atoms with E-state index in [-0.39, 0.29) is 29.2 Å². The Morgan fingerprint density at radius 1 is 1.09 bits per heavy atom. The predicted octanol–water partition coefficient (Wildman–Crippen LogP) is 0.793. The average Bonchev–Trinajstić information content (AvgIpc) is 3.19. The summed E-state index contributed by atoms with van der Waals surface area (Å²) in [6.45, 7) is -0.150. The first-order valence-electron chi connectivity index (χ1n) is 10.4. The van der Waals surface area contributed by atoms with E-state index in [0.717, 1.165) is 46.8 Å². The van der Waals surface area contributed by atoms with E-state index < -0.39 is 11.2 Å². The van der Waals surface area contributed by atoms with Crippen LogP contribution in [0.2, 0.25) is 0 Å². The summed E-state index contributed by atoms with van der Waals surface area (Å²) in [5.41, 5.74) is 2.53. The third-order valence-corrected chi connectivity index (χ3v) is 6.15. The highest BCUT2D eigenvalue weighted by Crippen LogP contribution is 2.27. The number of imidazole rings is 1. The number of benzene rings is 1. The molecule has 0 unspecified atom stereocenters. The second kappa shape index (κ2) is 7.33. The minimum Gasteiger partial charge on any atom is -0.324 e. The van der Waals surface area contributed by atoms with E-state index in [9.17, 15) is 19.2 Å². The van der Waals surface area contributed by atoms with Crippen LogP contribution in [0, 0.1) is 0 Å². The molecule has 164 valence electrons. The Morgan fingerprint density at radius 2 is 1.84 bits per heavy atom. The molecule has 4 aromatic rings. The quantitative estimate of drug-likeness (QED) is 0.494. The summed E-state index contributed by atoms with van der Waals surface area (Å²) < 4.78 is 3.68. The van der Waals surface area contributed by atoms with E-state index in [1.807, 2.05) is 12.1 Å². The third kappa shape index (κ3) is 3.06. The minimum absolute atomic E-state index is 0.0676. The van der Waals surface area contributed by atoms with E-state index in [1.54, 1.807) is 6.07 Å². The molecule has 0 bridgehead atoms. The number of nitrogens with zero attached hydrogens (tertiary/aromatic N) is 4. The van der Waals surface area contributed by atoms with Gasteiger partial charge in [-0.05, 0) is 43.4 Å². The van der Waals surface area contributed by atoms with Gasteiger partial charge >= 0.3 is 5.69 Å². The second-order valence-corrected chi connectivity index (χ2v) is 8.18. The molecule has 10 nitrogen and oxygen atoms in total. The van der Waals surface area contributed by atoms with Crippen molar-refractivity contribution >= 4 is 33.7 Å². The van der Waals surface area contributed by atoms with Gasteiger partial charge in [0.25, 0.3) is 11.1 Å². The minimum atomic E-state index is -0.513. The summed E-state index contributed by atoms with van der Waals surface area (Å²) in [7, 11) is 2.91. The van der Waals surface area contributed by atoms with Gasteiger partial charge in [0.1, 0.15) is 6.54 Å². The molecule has 32 heavy (non-hydrogen) atoms. The van der Waals surface area contributed by atoms with Crippen LogP contribution in [0.1, 0.15) is 24.0 Å². The fraction of sp³-hybridized carbons (Fsp3) is 0.318. The second-order valence-electron chi connectivity index (χ2n) is 8.18. The maximum atomic E-state index is 12.7. The maximum absolute atomic E-state index is 12.7. The highest BCUT2D eigenvalue weighted by atomic mass is 16.2. The Kier molecular flexibility index (Phi) is 4.58. The Bertz CT molecular complexity index is 1590. The van der Waals surface area contributed by atoms with Crippen LogP contribution in [0.15, 0.2) is 38.9 Å². The number of aromatic amines is 1. The van der Waals surface area contributed by atoms with Crippen molar-refractivity contribution in [1.82, 2.24) is 23.7 Å². The predicted molar refractivity (Wildman–Crippen MR) is 120 cm³/mol. The van der Waals surface area contributed by atoms with E-state index in [2.05, 4.69) is 15.3 Å². The summed E-state index contributed by atoms with van der Waals surface area (Å²) in [6, 6.07) is 5.48. The molecule has 1 aliphatic rings. The molecule has 3 aromatic heterocycles. The van der Waals surface area contributed by atoms with Crippen molar-refractivity contribution in [3.63, 3.8) is 0 Å². The standard InChI is InChI=1S/C22H22N6O4/c1-26-19-18(21(31)27(2)22(26)32)28(11-23-19)10-17(29)24-12-7-8-14-13-5-3-4-6-15(13)20(30)25-16(14)9-12/h7-9,11H,3-6,10H2,1-2H3,(H,24,29)(H,25,30). The summed E-state index contributed by atoms with van der Waals surface area (Å²) in [5, 5.41) is 3.81. The highest BCUT2D eigenvalue weighted by molar-refractivity contribution is 5.94. The third-order valence-electron chi connectivity index (χ3n) is 6.15. The molecule has 0 radical (unpaired) electrons. The van der Waals surface area contributed by atoms with Crippen molar-refractivity contribution < 1.29 is 4.79 Å². The molecule has 0 atom stereocenters. The number of carbonyl (C=O) groups is 1. The molecule has 1 aromatic carbocycles. The fourth-order valence-electron chi connectivity index (χ4n) is 4.51. The monoisotopic (exact) mass is 434 g/mol. The molecular weight excluding hydrogens is 412 g/mol. The van der Waals surface area contributed by atoms with Gasteiger partial charge in [0.05, 0.1) is 11.8 Å². The Hall–Kier alpha value is -3.95. The molecule has 0 saturated carbocycles. The maximum Gasteiger partial charge on any atom is 0.332 e. The van der Waals surface area contributed by atoms with Crippen LogP contribution in [0.25, 0.3) is 22.1 Å². The number of anilines is 1. The lowest BCUT2D eigenvalue weighted by Gasteiger charge is -2.17. The molecule has 3 heterocycles. The number of H-pyrrole nitrogens is 1. The molecule has 0 saturated heterocycles. The number of pyridine rings is 1. The number of fused-ring (bicyclic) bond motifs is 4. The van der Waals surface area contributed by atoms with Crippen molar-refractivity contribution in [2.45, 2.75) is 32.2 Å². The van der Waals surface area contributed by atoms with Crippen molar-refractivity contribution in [2.24, 2.45) is 14.1 Å². The van der Waals surface area contributed by atoms with Gasteiger partial charge in [-0.3, -0.25) is 23.5 Å². The van der Waals surface area contributed by atoms with Gasteiger partial charge in [-0.15, -0.1) is 0 Å². The van der Waals surface area contributed by atoms with Crippen LogP contribution in [-0.2, 0) is 38.3 Å². The lowest BCUT2D eigenvalue weighted by Crippen LogP contribution is -2.37. The summed E-state index contributed by atoms with van der Waals surface area (Å²) >= 11 is 0. The van der Waals surface area contributed by atoms with Gasteiger partial charge in [0.15, 0.2) is 11.2 Å². The topological polar surface area (TPSA) is 124 Å². The van der Waals surface area contributed by atoms with E-state index in [4.69, 9.17) is 0 Å². The number of hydrogen-bond acceptors (Lipinski definition) is 5. The van der Waals surface area contributed by atoms with Gasteiger partial charge in [-0.2, -0.15) is 0 Å². The zero-order valence-electron chi connectivity index (χ0n) is 17.8. The van der Waals surface area contributed by atoms with Crippen LogP contribution in [0.5, 0.6) is 0 Å². The van der Waals surface area contributed by atoms with E-state index >= 15 is 0 Å². The van der Waals surface area contributed by atoms with E-state index in [0.29, 0.717) is 11.2 Å². The number of amides is 1. The SMILES string of the molecule is Cn1c(=O)c2c(ncn2CC(=O)Nc2ccc3c4c(c(=O)[nH]c3c2)CCCC4)n(C)c1=O. The van der Waals surface area contributed by atoms with Crippen LogP contribution < -0.4 is 22.1 Å². The van der Waals surface area contributed by atoms with Crippen LogP contribution in [0.4, 0.5) is 5.69 Å². The summed E-state index contributed by atoms with van der Waals surface area (Å²) in [6.07, 6.45) is 5.13. The van der Waals surface area contributed by atoms with Crippen LogP contribution in [-0.4, -0.2) is 29.6 Å². The lowest BCUT2D eigenvalue weighted by atomic mass is 9.90. The molecule has 0 spiro atoms. The van der Waals surface area contributed by atoms with E-state index in [1.165, 1.54) is 29.6 Å².